The van der Waals surface area contributed by atoms with E-state index in [1.165, 1.54) is 24.8 Å². The van der Waals surface area contributed by atoms with Gasteiger partial charge in [-0.1, -0.05) is 18.6 Å². The molecule has 0 aliphatic carbocycles. The van der Waals surface area contributed by atoms with E-state index in [1.807, 2.05) is 19.2 Å². The number of rotatable bonds is 7. The minimum atomic E-state index is -0.213. The topological polar surface area (TPSA) is 83.2 Å². The number of carbonyl (C=O) groups is 1. The van der Waals surface area contributed by atoms with E-state index in [0.717, 1.165) is 57.3 Å². The van der Waals surface area contributed by atoms with Gasteiger partial charge in [0.05, 0.1) is 13.2 Å². The first-order chi connectivity index (χ1) is 14.6. The second kappa shape index (κ2) is 11.2. The highest BCUT2D eigenvalue weighted by Gasteiger charge is 2.26. The van der Waals surface area contributed by atoms with Crippen molar-refractivity contribution in [2.75, 3.05) is 46.9 Å². The number of carbonyl (C=O) groups excluding carboxylic acids is 1. The molecule has 2 atom stereocenters. The summed E-state index contributed by atoms with van der Waals surface area (Å²) in [5, 5.41) is 3.62. The minimum absolute atomic E-state index is 0.213. The Morgan fingerprint density at radius 1 is 1.20 bits per heavy atom. The molecular formula is C23H37N5O2. The Morgan fingerprint density at radius 3 is 2.57 bits per heavy atom. The summed E-state index contributed by atoms with van der Waals surface area (Å²) in [7, 11) is 3.54. The van der Waals surface area contributed by atoms with Gasteiger partial charge in [-0.15, -0.1) is 0 Å². The van der Waals surface area contributed by atoms with Gasteiger partial charge in [-0.2, -0.15) is 0 Å². The largest absolute Gasteiger partial charge is 0.497 e. The molecule has 166 valence electrons. The number of guanidine groups is 1. The standard InChI is InChI=1S/C23H37N5O2/c1-25-23(28-14-6-7-18(17-28)15-22(24)29)26-16-21(27-12-4-3-5-13-27)19-8-10-20(30-2)11-9-19/h8-11,18,21H,3-7,12-17H2,1-2H3,(H2,24,29)(H,25,26). The van der Waals surface area contributed by atoms with Gasteiger partial charge in [0.25, 0.3) is 0 Å². The van der Waals surface area contributed by atoms with Gasteiger partial charge < -0.3 is 20.7 Å². The molecule has 3 N–H and O–H groups in total. The van der Waals surface area contributed by atoms with Crippen LogP contribution in [0.5, 0.6) is 5.75 Å². The number of ether oxygens (including phenoxy) is 1. The monoisotopic (exact) mass is 415 g/mol. The summed E-state index contributed by atoms with van der Waals surface area (Å²) in [6.07, 6.45) is 6.39. The molecule has 0 radical (unpaired) electrons. The molecule has 1 aromatic carbocycles. The number of benzene rings is 1. The van der Waals surface area contributed by atoms with Crippen molar-refractivity contribution in [2.45, 2.75) is 44.6 Å². The lowest BCUT2D eigenvalue weighted by Gasteiger charge is -2.38. The third kappa shape index (κ3) is 6.11. The third-order valence-corrected chi connectivity index (χ3v) is 6.31. The van der Waals surface area contributed by atoms with Crippen molar-refractivity contribution in [3.8, 4) is 5.75 Å². The fourth-order valence-corrected chi connectivity index (χ4v) is 4.74. The molecule has 30 heavy (non-hydrogen) atoms. The van der Waals surface area contributed by atoms with Crippen LogP contribution in [0, 0.1) is 5.92 Å². The van der Waals surface area contributed by atoms with Crippen molar-refractivity contribution < 1.29 is 9.53 Å². The van der Waals surface area contributed by atoms with Crippen LogP contribution in [-0.4, -0.2) is 68.5 Å². The van der Waals surface area contributed by atoms with Crippen molar-refractivity contribution >= 4 is 11.9 Å². The molecule has 2 unspecified atom stereocenters. The second-order valence-electron chi connectivity index (χ2n) is 8.44. The highest BCUT2D eigenvalue weighted by atomic mass is 16.5. The maximum absolute atomic E-state index is 11.3. The summed E-state index contributed by atoms with van der Waals surface area (Å²) in [6.45, 7) is 4.85. The molecule has 7 heteroatoms. The normalized spacial score (nSPS) is 21.9. The fraction of sp³-hybridized carbons (Fsp3) is 0.652. The zero-order valence-corrected chi connectivity index (χ0v) is 18.5. The number of hydrogen-bond acceptors (Lipinski definition) is 4. The van der Waals surface area contributed by atoms with Gasteiger partial charge in [0, 0.05) is 33.1 Å². The molecule has 0 spiro atoms. The van der Waals surface area contributed by atoms with Gasteiger partial charge in [-0.3, -0.25) is 14.7 Å². The maximum Gasteiger partial charge on any atom is 0.217 e. The number of nitrogens with one attached hydrogen (secondary N) is 1. The van der Waals surface area contributed by atoms with E-state index in [2.05, 4.69) is 32.2 Å². The minimum Gasteiger partial charge on any atom is -0.497 e. The summed E-state index contributed by atoms with van der Waals surface area (Å²) in [5.41, 5.74) is 6.72. The first kappa shape index (κ1) is 22.4. The van der Waals surface area contributed by atoms with Crippen LogP contribution in [-0.2, 0) is 4.79 Å². The van der Waals surface area contributed by atoms with Crippen LogP contribution in [0.1, 0.15) is 50.1 Å². The first-order valence-electron chi connectivity index (χ1n) is 11.2. The Morgan fingerprint density at radius 2 is 1.93 bits per heavy atom. The molecule has 0 bridgehead atoms. The first-order valence-corrected chi connectivity index (χ1v) is 11.2. The summed E-state index contributed by atoms with van der Waals surface area (Å²) in [4.78, 5) is 20.7. The van der Waals surface area contributed by atoms with Crippen LogP contribution in [0.3, 0.4) is 0 Å². The number of methoxy groups -OCH3 is 1. The van der Waals surface area contributed by atoms with Crippen molar-refractivity contribution in [3.05, 3.63) is 29.8 Å². The van der Waals surface area contributed by atoms with E-state index in [-0.39, 0.29) is 5.91 Å². The molecule has 2 heterocycles. The fourth-order valence-electron chi connectivity index (χ4n) is 4.74. The van der Waals surface area contributed by atoms with E-state index in [4.69, 9.17) is 10.5 Å². The Bertz CT molecular complexity index is 700. The molecule has 7 nitrogen and oxygen atoms in total. The van der Waals surface area contributed by atoms with Crippen LogP contribution >= 0.6 is 0 Å². The Balaban J connectivity index is 1.67. The lowest BCUT2D eigenvalue weighted by atomic mass is 9.95. The molecule has 0 aromatic heterocycles. The average Bonchev–Trinajstić information content (AvgIpc) is 2.77. The smallest absolute Gasteiger partial charge is 0.217 e. The van der Waals surface area contributed by atoms with E-state index in [9.17, 15) is 4.79 Å². The number of aliphatic imine (C=N–C) groups is 1. The van der Waals surface area contributed by atoms with Crippen LogP contribution in [0.2, 0.25) is 0 Å². The lowest BCUT2D eigenvalue weighted by molar-refractivity contribution is -0.119. The van der Waals surface area contributed by atoms with Gasteiger partial charge in [-0.25, -0.2) is 0 Å². The van der Waals surface area contributed by atoms with Crippen LogP contribution in [0.25, 0.3) is 0 Å². The molecular weight excluding hydrogens is 378 g/mol. The van der Waals surface area contributed by atoms with Crippen LogP contribution in [0.15, 0.2) is 29.3 Å². The van der Waals surface area contributed by atoms with Gasteiger partial charge in [0.1, 0.15) is 5.75 Å². The molecule has 2 fully saturated rings. The van der Waals surface area contributed by atoms with Crippen LogP contribution in [0.4, 0.5) is 0 Å². The molecule has 0 saturated carbocycles. The maximum atomic E-state index is 11.3. The number of amides is 1. The molecule has 2 saturated heterocycles. The predicted molar refractivity (Wildman–Crippen MR) is 121 cm³/mol. The predicted octanol–water partition coefficient (Wildman–Crippen LogP) is 2.39. The van der Waals surface area contributed by atoms with Crippen molar-refractivity contribution in [1.82, 2.24) is 15.1 Å². The highest BCUT2D eigenvalue weighted by Crippen LogP contribution is 2.26. The van der Waals surface area contributed by atoms with Crippen molar-refractivity contribution in [2.24, 2.45) is 16.6 Å². The summed E-state index contributed by atoms with van der Waals surface area (Å²) in [6, 6.07) is 8.72. The van der Waals surface area contributed by atoms with E-state index >= 15 is 0 Å². The lowest BCUT2D eigenvalue weighted by Crippen LogP contribution is -2.49. The third-order valence-electron chi connectivity index (χ3n) is 6.31. The van der Waals surface area contributed by atoms with Gasteiger partial charge >= 0.3 is 0 Å². The molecule has 1 aromatic rings. The molecule has 1 amide bonds. The quantitative estimate of drug-likeness (QED) is 0.528. The average molecular weight is 416 g/mol. The number of hydrogen-bond donors (Lipinski definition) is 2. The Labute approximate surface area is 180 Å². The zero-order chi connectivity index (χ0) is 21.3. The van der Waals surface area contributed by atoms with Gasteiger partial charge in [0.15, 0.2) is 5.96 Å². The number of piperidine rings is 2. The number of nitrogens with two attached hydrogens (primary N) is 1. The highest BCUT2D eigenvalue weighted by molar-refractivity contribution is 5.80. The number of primary amides is 1. The van der Waals surface area contributed by atoms with Crippen LogP contribution < -0.4 is 15.8 Å². The zero-order valence-electron chi connectivity index (χ0n) is 18.5. The number of nitrogens with zero attached hydrogens (tertiary/aromatic N) is 3. The van der Waals surface area contributed by atoms with E-state index in [0.29, 0.717) is 18.4 Å². The Kier molecular flexibility index (Phi) is 8.37. The SMILES string of the molecule is CN=C(NCC(c1ccc(OC)cc1)N1CCCCC1)N1CCCC(CC(N)=O)C1. The number of likely N-dealkylation sites (tertiary alicyclic amines) is 2. The Hall–Kier alpha value is -2.28. The summed E-state index contributed by atoms with van der Waals surface area (Å²) < 4.78 is 5.34. The van der Waals surface area contributed by atoms with Gasteiger partial charge in [-0.05, 0) is 62.4 Å². The molecule has 2 aliphatic heterocycles. The molecule has 2 aliphatic rings. The van der Waals surface area contributed by atoms with Crippen molar-refractivity contribution in [3.63, 3.8) is 0 Å². The van der Waals surface area contributed by atoms with E-state index in [1.54, 1.807) is 7.11 Å². The second-order valence-corrected chi connectivity index (χ2v) is 8.44. The van der Waals surface area contributed by atoms with E-state index < -0.39 is 0 Å². The van der Waals surface area contributed by atoms with Gasteiger partial charge in [0.2, 0.25) is 5.91 Å². The molecule has 3 rings (SSSR count). The summed E-state index contributed by atoms with van der Waals surface area (Å²) in [5.74, 6) is 1.90. The summed E-state index contributed by atoms with van der Waals surface area (Å²) >= 11 is 0. The van der Waals surface area contributed by atoms with Crippen molar-refractivity contribution in [1.29, 1.82) is 0 Å².